The largest absolute Gasteiger partial charge is 0.496 e. The molecule has 0 aliphatic carbocycles. The van der Waals surface area contributed by atoms with E-state index in [1.165, 1.54) is 19.3 Å². The van der Waals surface area contributed by atoms with Gasteiger partial charge in [0, 0.05) is 31.2 Å². The molecule has 2 bridgehead atoms. The van der Waals surface area contributed by atoms with Gasteiger partial charge in [0.25, 0.3) is 5.91 Å². The molecule has 1 N–H and O–H groups in total. The van der Waals surface area contributed by atoms with E-state index in [0.29, 0.717) is 17.7 Å². The van der Waals surface area contributed by atoms with Crippen LogP contribution in [0.25, 0.3) is 11.3 Å². The van der Waals surface area contributed by atoms with Crippen LogP contribution in [0.15, 0.2) is 30.3 Å². The molecular formula is C21H28N4O2. The third-order valence-corrected chi connectivity index (χ3v) is 5.82. The standard InChI is InChI=1S/C21H28N4O2/c1-3-10-24-12-15-8-9-16(24)14-25(13-15)21(26)19-11-18(22-23-19)17-6-4-5-7-20(17)27-2/h4-7,11,15-16H,3,8-10,12-14H2,1-2H3,(H,22,23)/t15-,16-/m1/s1. The minimum atomic E-state index is 0.0545. The average Bonchev–Trinajstić information content (AvgIpc) is 3.01. The van der Waals surface area contributed by atoms with Gasteiger partial charge >= 0.3 is 0 Å². The fraction of sp³-hybridized carbons (Fsp3) is 0.524. The second-order valence-corrected chi connectivity index (χ2v) is 7.67. The molecule has 0 unspecified atom stereocenters. The van der Waals surface area contributed by atoms with Crippen LogP contribution in [0.4, 0.5) is 0 Å². The molecular weight excluding hydrogens is 340 g/mol. The number of para-hydroxylation sites is 1. The fourth-order valence-electron chi connectivity index (χ4n) is 4.50. The first-order valence-electron chi connectivity index (χ1n) is 9.91. The molecule has 6 nitrogen and oxygen atoms in total. The maximum atomic E-state index is 13.1. The lowest BCUT2D eigenvalue weighted by atomic mass is 9.95. The number of hydrogen-bond donors (Lipinski definition) is 1. The molecule has 0 radical (unpaired) electrons. The van der Waals surface area contributed by atoms with E-state index in [9.17, 15) is 4.79 Å². The van der Waals surface area contributed by atoms with Gasteiger partial charge in [-0.2, -0.15) is 5.10 Å². The number of aromatic amines is 1. The first-order valence-corrected chi connectivity index (χ1v) is 9.91. The number of carbonyl (C=O) groups excluding carboxylic acids is 1. The number of benzene rings is 1. The minimum absolute atomic E-state index is 0.0545. The van der Waals surface area contributed by atoms with Gasteiger partial charge in [0.2, 0.25) is 0 Å². The summed E-state index contributed by atoms with van der Waals surface area (Å²) in [6.07, 6.45) is 3.59. The van der Waals surface area contributed by atoms with Crippen molar-refractivity contribution in [3.63, 3.8) is 0 Å². The molecule has 1 amide bonds. The van der Waals surface area contributed by atoms with E-state index in [4.69, 9.17) is 4.74 Å². The zero-order valence-electron chi connectivity index (χ0n) is 16.1. The Balaban J connectivity index is 1.53. The molecule has 0 spiro atoms. The Kier molecular flexibility index (Phi) is 5.16. The Morgan fingerprint density at radius 2 is 2.11 bits per heavy atom. The van der Waals surface area contributed by atoms with Crippen molar-refractivity contribution in [2.45, 2.75) is 32.2 Å². The summed E-state index contributed by atoms with van der Waals surface area (Å²) in [5.41, 5.74) is 2.18. The first-order chi connectivity index (χ1) is 13.2. The monoisotopic (exact) mass is 368 g/mol. The topological polar surface area (TPSA) is 61.5 Å². The molecule has 3 fully saturated rings. The molecule has 27 heavy (non-hydrogen) atoms. The lowest BCUT2D eigenvalue weighted by Crippen LogP contribution is -2.44. The number of aromatic nitrogens is 2. The molecule has 3 saturated heterocycles. The normalized spacial score (nSPS) is 22.7. The van der Waals surface area contributed by atoms with Crippen molar-refractivity contribution in [2.75, 3.05) is 33.3 Å². The van der Waals surface area contributed by atoms with Crippen LogP contribution < -0.4 is 4.74 Å². The average molecular weight is 368 g/mol. The molecule has 1 aromatic heterocycles. The Labute approximate surface area is 160 Å². The van der Waals surface area contributed by atoms with E-state index in [1.807, 2.05) is 35.2 Å². The number of hydrogen-bond acceptors (Lipinski definition) is 4. The van der Waals surface area contributed by atoms with Gasteiger partial charge in [-0.1, -0.05) is 19.1 Å². The second kappa shape index (κ2) is 7.72. The quantitative estimate of drug-likeness (QED) is 0.881. The number of ether oxygens (including phenoxy) is 1. The molecule has 2 atom stereocenters. The number of piperidine rings is 1. The van der Waals surface area contributed by atoms with Crippen LogP contribution >= 0.6 is 0 Å². The van der Waals surface area contributed by atoms with Gasteiger partial charge < -0.3 is 9.64 Å². The maximum absolute atomic E-state index is 13.1. The van der Waals surface area contributed by atoms with Crippen molar-refractivity contribution in [1.29, 1.82) is 0 Å². The molecule has 5 rings (SSSR count). The highest BCUT2D eigenvalue weighted by atomic mass is 16.5. The van der Waals surface area contributed by atoms with Gasteiger partial charge in [0.1, 0.15) is 11.4 Å². The third kappa shape index (κ3) is 3.58. The Morgan fingerprint density at radius 1 is 1.26 bits per heavy atom. The van der Waals surface area contributed by atoms with Gasteiger partial charge in [-0.3, -0.25) is 14.8 Å². The molecule has 2 aromatic rings. The minimum Gasteiger partial charge on any atom is -0.496 e. The molecule has 3 aliphatic rings. The van der Waals surface area contributed by atoms with Gasteiger partial charge in [0.15, 0.2) is 0 Å². The van der Waals surface area contributed by atoms with Crippen molar-refractivity contribution in [3.8, 4) is 17.0 Å². The molecule has 144 valence electrons. The van der Waals surface area contributed by atoms with Crippen LogP contribution in [-0.4, -0.2) is 65.2 Å². The van der Waals surface area contributed by atoms with Crippen molar-refractivity contribution in [3.05, 3.63) is 36.0 Å². The number of rotatable bonds is 5. The summed E-state index contributed by atoms with van der Waals surface area (Å²) >= 11 is 0. The highest BCUT2D eigenvalue weighted by molar-refractivity contribution is 5.93. The number of fused-ring (bicyclic) bond motifs is 4. The molecule has 6 heteroatoms. The summed E-state index contributed by atoms with van der Waals surface area (Å²) in [6, 6.07) is 10.1. The maximum Gasteiger partial charge on any atom is 0.271 e. The summed E-state index contributed by atoms with van der Waals surface area (Å²) in [5.74, 6) is 1.39. The highest BCUT2D eigenvalue weighted by Crippen LogP contribution is 2.31. The summed E-state index contributed by atoms with van der Waals surface area (Å²) in [4.78, 5) is 17.7. The summed E-state index contributed by atoms with van der Waals surface area (Å²) < 4.78 is 5.42. The van der Waals surface area contributed by atoms with Crippen molar-refractivity contribution < 1.29 is 9.53 Å². The van der Waals surface area contributed by atoms with E-state index in [0.717, 1.165) is 43.2 Å². The first kappa shape index (κ1) is 18.0. The van der Waals surface area contributed by atoms with Gasteiger partial charge in [0.05, 0.1) is 12.8 Å². The van der Waals surface area contributed by atoms with E-state index in [2.05, 4.69) is 22.0 Å². The lowest BCUT2D eigenvalue weighted by molar-refractivity contribution is 0.0732. The van der Waals surface area contributed by atoms with Crippen LogP contribution in [0, 0.1) is 5.92 Å². The predicted octanol–water partition coefficient (Wildman–Crippen LogP) is 3.03. The summed E-state index contributed by atoms with van der Waals surface area (Å²) in [5, 5.41) is 7.32. The van der Waals surface area contributed by atoms with E-state index in [1.54, 1.807) is 7.11 Å². The van der Waals surface area contributed by atoms with Gasteiger partial charge in [-0.25, -0.2) is 0 Å². The number of amides is 1. The van der Waals surface area contributed by atoms with Gasteiger partial charge in [-0.15, -0.1) is 0 Å². The van der Waals surface area contributed by atoms with E-state index < -0.39 is 0 Å². The van der Waals surface area contributed by atoms with Crippen LogP contribution in [0.1, 0.15) is 36.7 Å². The number of nitrogens with one attached hydrogen (secondary N) is 1. The summed E-state index contributed by atoms with van der Waals surface area (Å²) in [6.45, 7) is 6.14. The fourth-order valence-corrected chi connectivity index (χ4v) is 4.50. The van der Waals surface area contributed by atoms with Crippen molar-refractivity contribution >= 4 is 5.91 Å². The molecule has 0 saturated carbocycles. The number of methoxy groups -OCH3 is 1. The predicted molar refractivity (Wildman–Crippen MR) is 105 cm³/mol. The number of nitrogens with zero attached hydrogens (tertiary/aromatic N) is 3. The Bertz CT molecular complexity index is 803. The van der Waals surface area contributed by atoms with E-state index >= 15 is 0 Å². The zero-order valence-corrected chi connectivity index (χ0v) is 16.1. The van der Waals surface area contributed by atoms with Crippen LogP contribution in [-0.2, 0) is 0 Å². The van der Waals surface area contributed by atoms with Crippen LogP contribution in [0.2, 0.25) is 0 Å². The van der Waals surface area contributed by atoms with E-state index in [-0.39, 0.29) is 5.91 Å². The Morgan fingerprint density at radius 3 is 2.93 bits per heavy atom. The Hall–Kier alpha value is -2.34. The SMILES string of the molecule is CCCN1C[C@H]2CC[C@@H]1CN(C(=O)c1cc(-c3ccccc3OC)n[nH]1)C2. The molecule has 3 aliphatic heterocycles. The molecule has 4 heterocycles. The highest BCUT2D eigenvalue weighted by Gasteiger charge is 2.36. The number of carbonyl (C=O) groups is 1. The van der Waals surface area contributed by atoms with Gasteiger partial charge in [-0.05, 0) is 49.9 Å². The zero-order chi connectivity index (χ0) is 18.8. The van der Waals surface area contributed by atoms with Crippen LogP contribution in [0.5, 0.6) is 5.75 Å². The van der Waals surface area contributed by atoms with Crippen molar-refractivity contribution in [2.24, 2.45) is 5.92 Å². The van der Waals surface area contributed by atoms with Crippen LogP contribution in [0.3, 0.4) is 0 Å². The third-order valence-electron chi connectivity index (χ3n) is 5.82. The molecule has 1 aromatic carbocycles. The number of H-pyrrole nitrogens is 1. The van der Waals surface area contributed by atoms with Crippen molar-refractivity contribution in [1.82, 2.24) is 20.0 Å². The smallest absolute Gasteiger partial charge is 0.271 e. The summed E-state index contributed by atoms with van der Waals surface area (Å²) in [7, 11) is 1.65. The lowest BCUT2D eigenvalue weighted by Gasteiger charge is -2.35. The second-order valence-electron chi connectivity index (χ2n) is 7.67.